The highest BCUT2D eigenvalue weighted by Crippen LogP contribution is 2.22. The summed E-state index contributed by atoms with van der Waals surface area (Å²) in [6.07, 6.45) is 2.43. The van der Waals surface area contributed by atoms with Gasteiger partial charge in [0.1, 0.15) is 0 Å². The molecule has 0 spiro atoms. The zero-order valence-corrected chi connectivity index (χ0v) is 10.6. The Morgan fingerprint density at radius 1 is 1.40 bits per heavy atom. The fraction of sp³-hybridized carbons (Fsp3) is 0.917. The van der Waals surface area contributed by atoms with Crippen molar-refractivity contribution in [2.24, 2.45) is 5.92 Å². The van der Waals surface area contributed by atoms with Crippen molar-refractivity contribution in [3.63, 3.8) is 0 Å². The van der Waals surface area contributed by atoms with Crippen molar-refractivity contribution in [3.05, 3.63) is 0 Å². The molecule has 1 amide bonds. The van der Waals surface area contributed by atoms with Gasteiger partial charge in [0.2, 0.25) is 5.91 Å². The molecular weight excluding hydrogens is 188 g/mol. The zero-order chi connectivity index (χ0) is 11.6. The van der Waals surface area contributed by atoms with Crippen LogP contribution in [0.15, 0.2) is 0 Å². The van der Waals surface area contributed by atoms with E-state index in [1.165, 1.54) is 0 Å². The summed E-state index contributed by atoms with van der Waals surface area (Å²) < 4.78 is 0. The fourth-order valence-electron chi connectivity index (χ4n) is 2.33. The van der Waals surface area contributed by atoms with E-state index in [2.05, 4.69) is 33.0 Å². The normalized spacial score (nSPS) is 28.9. The van der Waals surface area contributed by atoms with Crippen LogP contribution in [0.1, 0.15) is 47.5 Å². The monoisotopic (exact) mass is 212 g/mol. The first-order chi connectivity index (χ1) is 6.99. The van der Waals surface area contributed by atoms with Crippen LogP contribution >= 0.6 is 0 Å². The van der Waals surface area contributed by atoms with Crippen LogP contribution in [0.3, 0.4) is 0 Å². The van der Waals surface area contributed by atoms with E-state index in [9.17, 15) is 4.79 Å². The molecule has 3 heteroatoms. The van der Waals surface area contributed by atoms with E-state index in [0.29, 0.717) is 12.0 Å². The first-order valence-corrected chi connectivity index (χ1v) is 6.07. The van der Waals surface area contributed by atoms with Crippen LogP contribution in [0.2, 0.25) is 0 Å². The Kier molecular flexibility index (Phi) is 4.14. The van der Waals surface area contributed by atoms with E-state index in [1.807, 2.05) is 11.8 Å². The molecule has 15 heavy (non-hydrogen) atoms. The van der Waals surface area contributed by atoms with Crippen LogP contribution < -0.4 is 5.32 Å². The average Bonchev–Trinajstić information content (AvgIpc) is 2.44. The number of hydrogen-bond acceptors (Lipinski definition) is 2. The summed E-state index contributed by atoms with van der Waals surface area (Å²) >= 11 is 0. The van der Waals surface area contributed by atoms with Crippen LogP contribution in [-0.2, 0) is 4.79 Å². The molecule has 0 aromatic heterocycles. The number of amides is 1. The summed E-state index contributed by atoms with van der Waals surface area (Å²) in [5.74, 6) is 0.729. The van der Waals surface area contributed by atoms with E-state index in [1.54, 1.807) is 0 Å². The van der Waals surface area contributed by atoms with Crippen LogP contribution in [0.5, 0.6) is 0 Å². The predicted molar refractivity (Wildman–Crippen MR) is 62.4 cm³/mol. The van der Waals surface area contributed by atoms with Gasteiger partial charge in [0.15, 0.2) is 0 Å². The maximum atomic E-state index is 12.0. The Labute approximate surface area is 93.2 Å². The predicted octanol–water partition coefficient (Wildman–Crippen LogP) is 1.98. The van der Waals surface area contributed by atoms with Crippen molar-refractivity contribution in [1.82, 2.24) is 10.2 Å². The van der Waals surface area contributed by atoms with Crippen molar-refractivity contribution < 1.29 is 4.79 Å². The molecule has 0 aromatic rings. The van der Waals surface area contributed by atoms with Gasteiger partial charge in [-0.15, -0.1) is 0 Å². The molecule has 1 aliphatic rings. The van der Waals surface area contributed by atoms with Gasteiger partial charge < -0.3 is 4.90 Å². The maximum absolute atomic E-state index is 12.0. The SMILES string of the molecule is CCCC(C)N1C(=O)C(C)NC1C(C)C. The third kappa shape index (κ3) is 2.51. The number of carbonyl (C=O) groups excluding carboxylic acids is 1. The molecule has 3 nitrogen and oxygen atoms in total. The van der Waals surface area contributed by atoms with Crippen molar-refractivity contribution in [2.45, 2.75) is 65.7 Å². The fourth-order valence-corrected chi connectivity index (χ4v) is 2.33. The minimum atomic E-state index is -0.0169. The molecule has 1 N–H and O–H groups in total. The highest BCUT2D eigenvalue weighted by atomic mass is 16.2. The largest absolute Gasteiger partial charge is 0.323 e. The first kappa shape index (κ1) is 12.5. The molecule has 0 aliphatic carbocycles. The van der Waals surface area contributed by atoms with E-state index >= 15 is 0 Å². The lowest BCUT2D eigenvalue weighted by Crippen LogP contribution is -2.46. The highest BCUT2D eigenvalue weighted by Gasteiger charge is 2.39. The van der Waals surface area contributed by atoms with E-state index in [0.717, 1.165) is 12.8 Å². The molecular formula is C12H24N2O. The number of hydrogen-bond donors (Lipinski definition) is 1. The zero-order valence-electron chi connectivity index (χ0n) is 10.6. The van der Waals surface area contributed by atoms with Gasteiger partial charge in [0.25, 0.3) is 0 Å². The van der Waals surface area contributed by atoms with Crippen LogP contribution in [0.25, 0.3) is 0 Å². The van der Waals surface area contributed by atoms with Crippen LogP contribution in [0, 0.1) is 5.92 Å². The molecule has 1 rings (SSSR count). The lowest BCUT2D eigenvalue weighted by atomic mass is 10.1. The standard InChI is InChI=1S/C12H24N2O/c1-6-7-9(4)14-11(8(2)3)13-10(5)12(14)15/h8-11,13H,6-7H2,1-5H3. The molecule has 1 aliphatic heterocycles. The second-order valence-corrected chi connectivity index (χ2v) is 4.96. The molecule has 3 atom stereocenters. The minimum Gasteiger partial charge on any atom is -0.323 e. The van der Waals surface area contributed by atoms with Crippen LogP contribution in [0.4, 0.5) is 0 Å². The Hall–Kier alpha value is -0.570. The molecule has 1 saturated heterocycles. The van der Waals surface area contributed by atoms with E-state index in [-0.39, 0.29) is 18.1 Å². The van der Waals surface area contributed by atoms with E-state index < -0.39 is 0 Å². The topological polar surface area (TPSA) is 32.3 Å². The molecule has 0 saturated carbocycles. The molecule has 1 heterocycles. The van der Waals surface area contributed by atoms with Crippen LogP contribution in [-0.4, -0.2) is 29.1 Å². The minimum absolute atomic E-state index is 0.0169. The molecule has 0 aromatic carbocycles. The second kappa shape index (κ2) is 4.97. The Morgan fingerprint density at radius 3 is 2.47 bits per heavy atom. The van der Waals surface area contributed by atoms with Gasteiger partial charge >= 0.3 is 0 Å². The van der Waals surface area contributed by atoms with Gasteiger partial charge in [-0.3, -0.25) is 10.1 Å². The molecule has 0 bridgehead atoms. The Bertz CT molecular complexity index is 228. The maximum Gasteiger partial charge on any atom is 0.240 e. The summed E-state index contributed by atoms with van der Waals surface area (Å²) in [6, 6.07) is 0.337. The summed E-state index contributed by atoms with van der Waals surface area (Å²) in [5.41, 5.74) is 0. The van der Waals surface area contributed by atoms with Gasteiger partial charge in [-0.05, 0) is 26.2 Å². The summed E-state index contributed by atoms with van der Waals surface area (Å²) in [6.45, 7) is 10.6. The molecule has 88 valence electrons. The first-order valence-electron chi connectivity index (χ1n) is 6.07. The summed E-state index contributed by atoms with van der Waals surface area (Å²) in [5, 5.41) is 3.37. The number of nitrogens with zero attached hydrogens (tertiary/aromatic N) is 1. The summed E-state index contributed by atoms with van der Waals surface area (Å²) in [7, 11) is 0. The van der Waals surface area contributed by atoms with Gasteiger partial charge in [0, 0.05) is 6.04 Å². The number of rotatable bonds is 4. The lowest BCUT2D eigenvalue weighted by molar-refractivity contribution is -0.132. The smallest absolute Gasteiger partial charge is 0.240 e. The van der Waals surface area contributed by atoms with Crippen molar-refractivity contribution in [2.75, 3.05) is 0 Å². The van der Waals surface area contributed by atoms with Gasteiger partial charge in [-0.1, -0.05) is 27.2 Å². The Balaban J connectivity index is 2.76. The number of carbonyl (C=O) groups is 1. The van der Waals surface area contributed by atoms with Crippen molar-refractivity contribution in [3.8, 4) is 0 Å². The van der Waals surface area contributed by atoms with Crippen molar-refractivity contribution in [1.29, 1.82) is 0 Å². The number of nitrogens with one attached hydrogen (secondary N) is 1. The third-order valence-electron chi connectivity index (χ3n) is 3.16. The highest BCUT2D eigenvalue weighted by molar-refractivity contribution is 5.84. The second-order valence-electron chi connectivity index (χ2n) is 4.96. The van der Waals surface area contributed by atoms with Crippen molar-refractivity contribution >= 4 is 5.91 Å². The molecule has 0 radical (unpaired) electrons. The van der Waals surface area contributed by atoms with Gasteiger partial charge in [-0.2, -0.15) is 0 Å². The van der Waals surface area contributed by atoms with E-state index in [4.69, 9.17) is 0 Å². The molecule has 3 unspecified atom stereocenters. The summed E-state index contributed by atoms with van der Waals surface area (Å²) in [4.78, 5) is 14.0. The Morgan fingerprint density at radius 2 is 2.00 bits per heavy atom. The molecule has 1 fully saturated rings. The van der Waals surface area contributed by atoms with Gasteiger partial charge in [-0.25, -0.2) is 0 Å². The third-order valence-corrected chi connectivity index (χ3v) is 3.16. The quantitative estimate of drug-likeness (QED) is 0.773. The average molecular weight is 212 g/mol. The van der Waals surface area contributed by atoms with Gasteiger partial charge in [0.05, 0.1) is 12.2 Å². The lowest BCUT2D eigenvalue weighted by Gasteiger charge is -2.32.